The van der Waals surface area contributed by atoms with Crippen molar-refractivity contribution >= 4 is 23.2 Å². The molecule has 0 bridgehead atoms. The van der Waals surface area contributed by atoms with Gasteiger partial charge in [0, 0.05) is 17.8 Å². The number of thiophene rings is 1. The number of alkyl halides is 3. The SMILES string of the molecule is CC(C)OC(Cc1ccc(-c2cccs2)c(CNC(=O)c2ccc(C(F)(F)F)cc2F)c1)C(=O)O. The van der Waals surface area contributed by atoms with Crippen LogP contribution in [-0.4, -0.2) is 29.2 Å². The molecule has 1 heterocycles. The highest BCUT2D eigenvalue weighted by Gasteiger charge is 2.31. The van der Waals surface area contributed by atoms with E-state index in [0.717, 1.165) is 16.5 Å². The lowest BCUT2D eigenvalue weighted by Crippen LogP contribution is -2.29. The molecule has 10 heteroatoms. The number of carbonyl (C=O) groups is 2. The van der Waals surface area contributed by atoms with Crippen molar-refractivity contribution in [1.82, 2.24) is 5.32 Å². The molecular weight excluding hydrogens is 486 g/mol. The summed E-state index contributed by atoms with van der Waals surface area (Å²) in [5.74, 6) is -3.25. The minimum Gasteiger partial charge on any atom is -0.479 e. The van der Waals surface area contributed by atoms with E-state index in [1.807, 2.05) is 17.5 Å². The molecular formula is C25H23F4NO4S. The Morgan fingerprint density at radius 2 is 1.86 bits per heavy atom. The molecule has 3 rings (SSSR count). The molecule has 35 heavy (non-hydrogen) atoms. The fourth-order valence-electron chi connectivity index (χ4n) is 3.48. The summed E-state index contributed by atoms with van der Waals surface area (Å²) in [5, 5.41) is 13.9. The number of aliphatic carboxylic acids is 1. The Kier molecular flexibility index (Phi) is 8.29. The maximum atomic E-state index is 14.2. The van der Waals surface area contributed by atoms with Crippen molar-refractivity contribution in [2.45, 2.75) is 45.2 Å². The second kappa shape index (κ2) is 11.0. The predicted molar refractivity (Wildman–Crippen MR) is 124 cm³/mol. The van der Waals surface area contributed by atoms with Crippen LogP contribution >= 0.6 is 11.3 Å². The number of hydrogen-bond acceptors (Lipinski definition) is 4. The Morgan fingerprint density at radius 1 is 1.11 bits per heavy atom. The molecule has 0 radical (unpaired) electrons. The molecule has 1 amide bonds. The molecule has 3 aromatic rings. The highest BCUT2D eigenvalue weighted by atomic mass is 32.1. The summed E-state index contributed by atoms with van der Waals surface area (Å²) in [6.45, 7) is 3.41. The average molecular weight is 510 g/mol. The maximum Gasteiger partial charge on any atom is 0.416 e. The van der Waals surface area contributed by atoms with Gasteiger partial charge in [0.15, 0.2) is 6.10 Å². The molecule has 0 aliphatic heterocycles. The van der Waals surface area contributed by atoms with Crippen molar-refractivity contribution < 1.29 is 37.0 Å². The van der Waals surface area contributed by atoms with E-state index in [9.17, 15) is 32.3 Å². The zero-order valence-electron chi connectivity index (χ0n) is 18.9. The zero-order valence-corrected chi connectivity index (χ0v) is 19.7. The maximum absolute atomic E-state index is 14.2. The van der Waals surface area contributed by atoms with Gasteiger partial charge in [0.25, 0.3) is 5.91 Å². The van der Waals surface area contributed by atoms with Gasteiger partial charge in [-0.25, -0.2) is 9.18 Å². The molecule has 0 aliphatic rings. The summed E-state index contributed by atoms with van der Waals surface area (Å²) in [7, 11) is 0. The normalized spacial score (nSPS) is 12.5. The molecule has 1 aromatic heterocycles. The van der Waals surface area contributed by atoms with Crippen LogP contribution in [0.3, 0.4) is 0 Å². The quantitative estimate of drug-likeness (QED) is 0.351. The number of hydrogen-bond donors (Lipinski definition) is 2. The van der Waals surface area contributed by atoms with Crippen molar-refractivity contribution in [3.05, 3.63) is 82.0 Å². The second-order valence-corrected chi connectivity index (χ2v) is 9.01. The van der Waals surface area contributed by atoms with E-state index in [1.165, 1.54) is 11.3 Å². The molecule has 1 unspecified atom stereocenters. The fraction of sp³-hybridized carbons (Fsp3) is 0.280. The molecule has 186 valence electrons. The standard InChI is InChI=1S/C25H23F4NO4S/c1-14(2)34-21(24(32)33)11-15-5-7-18(22-4-3-9-35-22)16(10-15)13-30-23(31)19-8-6-17(12-20(19)26)25(27,28)29/h3-10,12,14,21H,11,13H2,1-2H3,(H,30,31)(H,32,33). The van der Waals surface area contributed by atoms with E-state index in [2.05, 4.69) is 5.32 Å². The molecule has 1 atom stereocenters. The number of carboxylic acid groups (broad SMARTS) is 1. The van der Waals surface area contributed by atoms with Crippen LogP contribution in [0, 0.1) is 5.82 Å². The summed E-state index contributed by atoms with van der Waals surface area (Å²) in [6, 6.07) is 10.8. The number of amides is 1. The highest BCUT2D eigenvalue weighted by Crippen LogP contribution is 2.31. The van der Waals surface area contributed by atoms with Gasteiger partial charge in [-0.05, 0) is 60.2 Å². The van der Waals surface area contributed by atoms with Crippen LogP contribution in [0.15, 0.2) is 53.9 Å². The molecule has 2 aromatic carbocycles. The van der Waals surface area contributed by atoms with E-state index >= 15 is 0 Å². The van der Waals surface area contributed by atoms with Gasteiger partial charge in [0.05, 0.1) is 17.2 Å². The number of ether oxygens (including phenoxy) is 1. The zero-order chi connectivity index (χ0) is 25.8. The Hall–Kier alpha value is -3.24. The first-order valence-electron chi connectivity index (χ1n) is 10.6. The molecule has 0 spiro atoms. The van der Waals surface area contributed by atoms with Crippen molar-refractivity contribution in [2.75, 3.05) is 0 Å². The van der Waals surface area contributed by atoms with Crippen LogP contribution in [0.5, 0.6) is 0 Å². The number of rotatable bonds is 9. The second-order valence-electron chi connectivity index (χ2n) is 8.06. The molecule has 0 saturated carbocycles. The Labute approximate surface area is 203 Å². The van der Waals surface area contributed by atoms with Gasteiger partial charge in [-0.1, -0.05) is 24.3 Å². The number of carbonyl (C=O) groups excluding carboxylic acids is 1. The van der Waals surface area contributed by atoms with Crippen molar-refractivity contribution in [3.8, 4) is 10.4 Å². The smallest absolute Gasteiger partial charge is 0.416 e. The first-order valence-corrected chi connectivity index (χ1v) is 11.5. The lowest BCUT2D eigenvalue weighted by molar-refractivity contribution is -0.153. The lowest BCUT2D eigenvalue weighted by Gasteiger charge is -2.18. The number of carboxylic acids is 1. The van der Waals surface area contributed by atoms with E-state index in [1.54, 1.807) is 32.0 Å². The monoisotopic (exact) mass is 509 g/mol. The van der Waals surface area contributed by atoms with Crippen molar-refractivity contribution in [2.24, 2.45) is 0 Å². The van der Waals surface area contributed by atoms with Crippen molar-refractivity contribution in [1.29, 1.82) is 0 Å². The topological polar surface area (TPSA) is 75.6 Å². The van der Waals surface area contributed by atoms with Gasteiger partial charge >= 0.3 is 12.1 Å². The fourth-order valence-corrected chi connectivity index (χ4v) is 4.26. The average Bonchev–Trinajstić information content (AvgIpc) is 3.30. The minimum atomic E-state index is -4.72. The first-order chi connectivity index (χ1) is 16.5. The Balaban J connectivity index is 1.84. The minimum absolute atomic E-state index is 0.0524. The molecule has 0 saturated heterocycles. The van der Waals surface area contributed by atoms with Gasteiger partial charge in [-0.2, -0.15) is 13.2 Å². The highest BCUT2D eigenvalue weighted by molar-refractivity contribution is 7.13. The third-order valence-electron chi connectivity index (χ3n) is 5.07. The van der Waals surface area contributed by atoms with Crippen molar-refractivity contribution in [3.63, 3.8) is 0 Å². The molecule has 2 N–H and O–H groups in total. The summed E-state index contributed by atoms with van der Waals surface area (Å²) < 4.78 is 58.0. The number of benzene rings is 2. The largest absolute Gasteiger partial charge is 0.479 e. The molecule has 5 nitrogen and oxygen atoms in total. The van der Waals surface area contributed by atoms with Crippen LogP contribution < -0.4 is 5.32 Å². The summed E-state index contributed by atoms with van der Waals surface area (Å²) in [5.41, 5.74) is 0.384. The first kappa shape index (κ1) is 26.4. The lowest BCUT2D eigenvalue weighted by atomic mass is 9.99. The van der Waals surface area contributed by atoms with E-state index < -0.39 is 41.1 Å². The summed E-state index contributed by atoms with van der Waals surface area (Å²) in [4.78, 5) is 25.0. The van der Waals surface area contributed by atoms with Gasteiger partial charge in [-0.15, -0.1) is 11.3 Å². The summed E-state index contributed by atoms with van der Waals surface area (Å²) in [6.07, 6.45) is -5.99. The van der Waals surface area contributed by atoms with Crippen LogP contribution in [0.2, 0.25) is 0 Å². The third-order valence-corrected chi connectivity index (χ3v) is 5.97. The Morgan fingerprint density at radius 3 is 2.43 bits per heavy atom. The van der Waals surface area contributed by atoms with Gasteiger partial charge in [0.1, 0.15) is 5.82 Å². The van der Waals surface area contributed by atoms with Gasteiger partial charge in [-0.3, -0.25) is 4.79 Å². The van der Waals surface area contributed by atoms with Crippen LogP contribution in [0.1, 0.15) is 40.9 Å². The molecule has 0 aliphatic carbocycles. The van der Waals surface area contributed by atoms with Crippen LogP contribution in [-0.2, 0) is 28.7 Å². The van der Waals surface area contributed by atoms with Gasteiger partial charge in [0.2, 0.25) is 0 Å². The van der Waals surface area contributed by atoms with E-state index in [-0.39, 0.29) is 25.1 Å². The predicted octanol–water partition coefficient (Wildman–Crippen LogP) is 5.92. The number of nitrogens with one attached hydrogen (secondary N) is 1. The third kappa shape index (κ3) is 6.89. The van der Waals surface area contributed by atoms with Crippen LogP contribution in [0.4, 0.5) is 17.6 Å². The molecule has 0 fully saturated rings. The number of halogens is 4. The van der Waals surface area contributed by atoms with E-state index in [4.69, 9.17) is 4.74 Å². The van der Waals surface area contributed by atoms with E-state index in [0.29, 0.717) is 17.2 Å². The van der Waals surface area contributed by atoms with Crippen LogP contribution in [0.25, 0.3) is 10.4 Å². The summed E-state index contributed by atoms with van der Waals surface area (Å²) >= 11 is 1.46. The Bertz CT molecular complexity index is 1190. The van der Waals surface area contributed by atoms with Gasteiger partial charge < -0.3 is 15.2 Å².